The summed E-state index contributed by atoms with van der Waals surface area (Å²) in [5, 5.41) is 0. The van der Waals surface area contributed by atoms with Gasteiger partial charge in [-0.1, -0.05) is 74.5 Å². The normalized spacial score (nSPS) is 20.0. The van der Waals surface area contributed by atoms with Gasteiger partial charge in [-0.2, -0.15) is 0 Å². The highest BCUT2D eigenvalue weighted by Crippen LogP contribution is 2.51. The molecule has 0 aliphatic heterocycles. The van der Waals surface area contributed by atoms with Crippen LogP contribution in [0.2, 0.25) is 0 Å². The SMILES string of the molecule is CC1(C)CC(=O)C(c2ccccc2)(c2ccccc2)C1. The van der Waals surface area contributed by atoms with Crippen LogP contribution in [0.3, 0.4) is 0 Å². The first-order valence-electron chi connectivity index (χ1n) is 7.19. The summed E-state index contributed by atoms with van der Waals surface area (Å²) in [5.74, 6) is 0.347. The van der Waals surface area contributed by atoms with Gasteiger partial charge in [0.25, 0.3) is 0 Å². The Bertz CT molecular complexity index is 571. The molecule has 2 aromatic carbocycles. The van der Waals surface area contributed by atoms with Crippen molar-refractivity contribution in [2.45, 2.75) is 32.1 Å². The Morgan fingerprint density at radius 2 is 1.25 bits per heavy atom. The molecule has 1 heteroatoms. The molecule has 1 aliphatic rings. The van der Waals surface area contributed by atoms with Crippen LogP contribution in [0.15, 0.2) is 60.7 Å². The van der Waals surface area contributed by atoms with Crippen LogP contribution in [-0.4, -0.2) is 5.78 Å². The minimum atomic E-state index is -0.466. The lowest BCUT2D eigenvalue weighted by Crippen LogP contribution is -2.32. The first-order chi connectivity index (χ1) is 9.55. The van der Waals surface area contributed by atoms with Crippen molar-refractivity contribution < 1.29 is 4.79 Å². The first-order valence-corrected chi connectivity index (χ1v) is 7.19. The van der Waals surface area contributed by atoms with E-state index in [0.29, 0.717) is 12.2 Å². The van der Waals surface area contributed by atoms with Crippen molar-refractivity contribution in [3.8, 4) is 0 Å². The van der Waals surface area contributed by atoms with Crippen LogP contribution in [0.4, 0.5) is 0 Å². The summed E-state index contributed by atoms with van der Waals surface area (Å²) in [6.07, 6.45) is 1.53. The van der Waals surface area contributed by atoms with E-state index < -0.39 is 5.41 Å². The second-order valence-corrected chi connectivity index (χ2v) is 6.58. The Hall–Kier alpha value is -1.89. The van der Waals surface area contributed by atoms with Crippen molar-refractivity contribution in [1.82, 2.24) is 0 Å². The van der Waals surface area contributed by atoms with E-state index in [2.05, 4.69) is 38.1 Å². The number of Topliss-reactive ketones (excluding diaryl/α,β-unsaturated/α-hetero) is 1. The number of hydrogen-bond acceptors (Lipinski definition) is 1. The van der Waals surface area contributed by atoms with Crippen molar-refractivity contribution >= 4 is 5.78 Å². The van der Waals surface area contributed by atoms with Gasteiger partial charge < -0.3 is 0 Å². The van der Waals surface area contributed by atoms with E-state index in [1.54, 1.807) is 0 Å². The number of ketones is 1. The van der Waals surface area contributed by atoms with Crippen LogP contribution in [-0.2, 0) is 10.2 Å². The van der Waals surface area contributed by atoms with Crippen LogP contribution in [0.25, 0.3) is 0 Å². The summed E-state index contributed by atoms with van der Waals surface area (Å²) in [7, 11) is 0. The van der Waals surface area contributed by atoms with E-state index in [9.17, 15) is 4.79 Å². The van der Waals surface area contributed by atoms with Gasteiger partial charge in [0.2, 0.25) is 0 Å². The average Bonchev–Trinajstić information content (AvgIpc) is 2.71. The lowest BCUT2D eigenvalue weighted by Gasteiger charge is -2.30. The van der Waals surface area contributed by atoms with Gasteiger partial charge in [0, 0.05) is 6.42 Å². The molecule has 0 saturated heterocycles. The summed E-state index contributed by atoms with van der Waals surface area (Å²) in [6.45, 7) is 4.39. The molecule has 0 radical (unpaired) electrons. The molecule has 2 aromatic rings. The van der Waals surface area contributed by atoms with E-state index in [0.717, 1.165) is 17.5 Å². The number of hydrogen-bond donors (Lipinski definition) is 0. The average molecular weight is 264 g/mol. The summed E-state index contributed by atoms with van der Waals surface area (Å²) in [6, 6.07) is 20.5. The molecule has 0 bridgehead atoms. The monoisotopic (exact) mass is 264 g/mol. The van der Waals surface area contributed by atoms with Crippen molar-refractivity contribution in [2.75, 3.05) is 0 Å². The molecule has 20 heavy (non-hydrogen) atoms. The van der Waals surface area contributed by atoms with Crippen LogP contribution >= 0.6 is 0 Å². The second-order valence-electron chi connectivity index (χ2n) is 6.58. The zero-order valence-corrected chi connectivity index (χ0v) is 12.1. The van der Waals surface area contributed by atoms with Gasteiger partial charge in [-0.15, -0.1) is 0 Å². The summed E-state index contributed by atoms with van der Waals surface area (Å²) in [4.78, 5) is 12.9. The highest BCUT2D eigenvalue weighted by Gasteiger charge is 2.52. The molecular weight excluding hydrogens is 244 g/mol. The Morgan fingerprint density at radius 3 is 1.60 bits per heavy atom. The lowest BCUT2D eigenvalue weighted by atomic mass is 9.70. The van der Waals surface area contributed by atoms with Gasteiger partial charge in [0.15, 0.2) is 0 Å². The zero-order valence-electron chi connectivity index (χ0n) is 12.1. The quantitative estimate of drug-likeness (QED) is 0.787. The number of rotatable bonds is 2. The highest BCUT2D eigenvalue weighted by molar-refractivity contribution is 5.96. The minimum Gasteiger partial charge on any atom is -0.298 e. The van der Waals surface area contributed by atoms with Crippen LogP contribution < -0.4 is 0 Å². The van der Waals surface area contributed by atoms with Gasteiger partial charge in [-0.25, -0.2) is 0 Å². The third kappa shape index (κ3) is 1.98. The summed E-state index contributed by atoms with van der Waals surface area (Å²) >= 11 is 0. The molecule has 1 nitrogen and oxygen atoms in total. The van der Waals surface area contributed by atoms with E-state index in [1.165, 1.54) is 0 Å². The molecule has 0 aromatic heterocycles. The van der Waals surface area contributed by atoms with E-state index in [-0.39, 0.29) is 5.41 Å². The maximum Gasteiger partial charge on any atom is 0.148 e. The molecule has 1 aliphatic carbocycles. The van der Waals surface area contributed by atoms with Gasteiger partial charge in [0.1, 0.15) is 5.78 Å². The molecule has 3 rings (SSSR count). The minimum absolute atomic E-state index is 0.0583. The van der Waals surface area contributed by atoms with E-state index in [1.807, 2.05) is 36.4 Å². The fourth-order valence-corrected chi connectivity index (χ4v) is 3.60. The van der Waals surface area contributed by atoms with Crippen LogP contribution in [0.1, 0.15) is 37.8 Å². The molecule has 1 saturated carbocycles. The molecule has 1 fully saturated rings. The number of carbonyl (C=O) groups is 1. The Labute approximate surface area is 120 Å². The maximum atomic E-state index is 12.9. The lowest BCUT2D eigenvalue weighted by molar-refractivity contribution is -0.121. The fraction of sp³-hybridized carbons (Fsp3) is 0.316. The van der Waals surface area contributed by atoms with Crippen molar-refractivity contribution in [3.63, 3.8) is 0 Å². The third-order valence-electron chi connectivity index (χ3n) is 4.39. The first kappa shape index (κ1) is 13.1. The standard InChI is InChI=1S/C19H20O/c1-18(2)13-17(20)19(14-18,15-9-5-3-6-10-15)16-11-7-4-8-12-16/h3-12H,13-14H2,1-2H3. The highest BCUT2D eigenvalue weighted by atomic mass is 16.1. The van der Waals surface area contributed by atoms with Gasteiger partial charge in [-0.3, -0.25) is 4.79 Å². The molecule has 0 heterocycles. The molecular formula is C19H20O. The Kier molecular flexibility index (Phi) is 3.01. The molecule has 0 spiro atoms. The van der Waals surface area contributed by atoms with Crippen LogP contribution in [0, 0.1) is 5.41 Å². The topological polar surface area (TPSA) is 17.1 Å². The van der Waals surface area contributed by atoms with E-state index in [4.69, 9.17) is 0 Å². The van der Waals surface area contributed by atoms with Crippen molar-refractivity contribution in [3.05, 3.63) is 71.8 Å². The number of benzene rings is 2. The Balaban J connectivity index is 2.22. The van der Waals surface area contributed by atoms with Gasteiger partial charge >= 0.3 is 0 Å². The van der Waals surface area contributed by atoms with Crippen LogP contribution in [0.5, 0.6) is 0 Å². The van der Waals surface area contributed by atoms with Gasteiger partial charge in [0.05, 0.1) is 5.41 Å². The predicted molar refractivity (Wildman–Crippen MR) is 81.7 cm³/mol. The zero-order chi connectivity index (χ0) is 14.2. The smallest absolute Gasteiger partial charge is 0.148 e. The largest absolute Gasteiger partial charge is 0.298 e. The summed E-state index contributed by atoms with van der Waals surface area (Å²) in [5.41, 5.74) is 1.85. The molecule has 0 N–H and O–H groups in total. The molecule has 0 amide bonds. The van der Waals surface area contributed by atoms with Crippen molar-refractivity contribution in [2.24, 2.45) is 5.41 Å². The maximum absolute atomic E-state index is 12.9. The third-order valence-corrected chi connectivity index (χ3v) is 4.39. The Morgan fingerprint density at radius 1 is 0.800 bits per heavy atom. The molecule has 102 valence electrons. The molecule has 0 unspecified atom stereocenters. The predicted octanol–water partition coefficient (Wildman–Crippen LogP) is 4.36. The summed E-state index contributed by atoms with van der Waals surface area (Å²) < 4.78 is 0. The fourth-order valence-electron chi connectivity index (χ4n) is 3.60. The van der Waals surface area contributed by atoms with Crippen molar-refractivity contribution in [1.29, 1.82) is 0 Å². The second kappa shape index (κ2) is 4.59. The van der Waals surface area contributed by atoms with E-state index >= 15 is 0 Å². The molecule has 0 atom stereocenters. The van der Waals surface area contributed by atoms with Gasteiger partial charge in [-0.05, 0) is 23.0 Å². The number of carbonyl (C=O) groups excluding carboxylic acids is 1.